The van der Waals surface area contributed by atoms with Crippen LogP contribution in [0.4, 0.5) is 5.69 Å². The fourth-order valence-corrected chi connectivity index (χ4v) is 2.25. The monoisotopic (exact) mass is 364 g/mol. The van der Waals surface area contributed by atoms with E-state index in [-0.39, 0.29) is 11.8 Å². The molecule has 0 unspecified atom stereocenters. The van der Waals surface area contributed by atoms with Gasteiger partial charge in [-0.1, -0.05) is 15.9 Å². The number of nitrogens with one attached hydrogen (secondary N) is 1. The standard InChI is InChI=1S/C15H10BrClN2O2/c16-10-3-1-9(2-4-10)15-19-12-7-11(18-14(20)8-17)5-6-13(12)21-15/h1-7H,8H2,(H,18,20). The van der Waals surface area contributed by atoms with Crippen molar-refractivity contribution in [2.45, 2.75) is 0 Å². The lowest BCUT2D eigenvalue weighted by molar-refractivity contribution is -0.113. The van der Waals surface area contributed by atoms with Gasteiger partial charge in [-0.2, -0.15) is 0 Å². The van der Waals surface area contributed by atoms with Crippen molar-refractivity contribution in [1.82, 2.24) is 4.98 Å². The Morgan fingerprint density at radius 3 is 2.71 bits per heavy atom. The zero-order chi connectivity index (χ0) is 14.8. The molecule has 1 N–H and O–H groups in total. The Morgan fingerprint density at radius 2 is 2.00 bits per heavy atom. The maximum Gasteiger partial charge on any atom is 0.239 e. The third-order valence-corrected chi connectivity index (χ3v) is 3.66. The number of alkyl halides is 1. The van der Waals surface area contributed by atoms with Crippen LogP contribution in [0.5, 0.6) is 0 Å². The normalized spacial score (nSPS) is 10.8. The van der Waals surface area contributed by atoms with Gasteiger partial charge in [0, 0.05) is 15.7 Å². The highest BCUT2D eigenvalue weighted by Gasteiger charge is 2.09. The number of amides is 1. The summed E-state index contributed by atoms with van der Waals surface area (Å²) in [6.45, 7) is 0. The second kappa shape index (κ2) is 5.87. The first-order chi connectivity index (χ1) is 10.2. The molecule has 21 heavy (non-hydrogen) atoms. The first kappa shape index (κ1) is 14.1. The van der Waals surface area contributed by atoms with E-state index in [0.29, 0.717) is 22.7 Å². The largest absolute Gasteiger partial charge is 0.436 e. The molecule has 1 aromatic heterocycles. The summed E-state index contributed by atoms with van der Waals surface area (Å²) in [5, 5.41) is 2.68. The summed E-state index contributed by atoms with van der Waals surface area (Å²) in [5.41, 5.74) is 2.88. The van der Waals surface area contributed by atoms with Gasteiger partial charge in [0.2, 0.25) is 11.8 Å². The third kappa shape index (κ3) is 3.09. The van der Waals surface area contributed by atoms with Gasteiger partial charge in [-0.3, -0.25) is 4.79 Å². The molecule has 3 rings (SSSR count). The summed E-state index contributed by atoms with van der Waals surface area (Å²) in [4.78, 5) is 15.7. The van der Waals surface area contributed by atoms with Crippen molar-refractivity contribution in [2.24, 2.45) is 0 Å². The van der Waals surface area contributed by atoms with Gasteiger partial charge in [-0.25, -0.2) is 4.98 Å². The van der Waals surface area contributed by atoms with Crippen LogP contribution in [0.25, 0.3) is 22.6 Å². The average Bonchev–Trinajstić information content (AvgIpc) is 2.91. The molecule has 3 aromatic rings. The number of benzene rings is 2. The molecule has 4 nitrogen and oxygen atoms in total. The Bertz CT molecular complexity index is 799. The van der Waals surface area contributed by atoms with Crippen molar-refractivity contribution in [3.8, 4) is 11.5 Å². The lowest BCUT2D eigenvalue weighted by atomic mass is 10.2. The molecule has 0 aliphatic rings. The smallest absolute Gasteiger partial charge is 0.239 e. The summed E-state index contributed by atoms with van der Waals surface area (Å²) in [5.74, 6) is 0.201. The number of aromatic nitrogens is 1. The molecule has 0 spiro atoms. The van der Waals surface area contributed by atoms with Crippen LogP contribution in [0.1, 0.15) is 0 Å². The van der Waals surface area contributed by atoms with E-state index in [4.69, 9.17) is 16.0 Å². The highest BCUT2D eigenvalue weighted by molar-refractivity contribution is 9.10. The highest BCUT2D eigenvalue weighted by Crippen LogP contribution is 2.27. The summed E-state index contributed by atoms with van der Waals surface area (Å²) in [7, 11) is 0. The predicted molar refractivity (Wildman–Crippen MR) is 86.5 cm³/mol. The van der Waals surface area contributed by atoms with Crippen LogP contribution in [-0.4, -0.2) is 16.8 Å². The third-order valence-electron chi connectivity index (χ3n) is 2.88. The van der Waals surface area contributed by atoms with Crippen molar-refractivity contribution < 1.29 is 9.21 Å². The molecule has 2 aromatic carbocycles. The Hall–Kier alpha value is -1.85. The quantitative estimate of drug-likeness (QED) is 0.698. The van der Waals surface area contributed by atoms with Crippen LogP contribution in [0.15, 0.2) is 51.4 Å². The molecular formula is C15H10BrClN2O2. The zero-order valence-electron chi connectivity index (χ0n) is 10.8. The van der Waals surface area contributed by atoms with E-state index in [9.17, 15) is 4.79 Å². The average molecular weight is 366 g/mol. The number of rotatable bonds is 3. The second-order valence-corrected chi connectivity index (χ2v) is 5.57. The molecule has 0 saturated heterocycles. The van der Waals surface area contributed by atoms with Gasteiger partial charge in [0.05, 0.1) is 0 Å². The molecule has 1 amide bonds. The van der Waals surface area contributed by atoms with Crippen LogP contribution in [0.2, 0.25) is 0 Å². The maximum atomic E-state index is 11.3. The number of fused-ring (bicyclic) bond motifs is 1. The fourth-order valence-electron chi connectivity index (χ4n) is 1.92. The van der Waals surface area contributed by atoms with Gasteiger partial charge in [0.1, 0.15) is 11.4 Å². The SMILES string of the molecule is O=C(CCl)Nc1ccc2oc(-c3ccc(Br)cc3)nc2c1. The second-order valence-electron chi connectivity index (χ2n) is 4.39. The van der Waals surface area contributed by atoms with Crippen LogP contribution >= 0.6 is 27.5 Å². The lowest BCUT2D eigenvalue weighted by Gasteiger charge is -2.01. The Labute approximate surface area is 134 Å². The van der Waals surface area contributed by atoms with Crippen molar-refractivity contribution in [3.05, 3.63) is 46.9 Å². The minimum Gasteiger partial charge on any atom is -0.436 e. The van der Waals surface area contributed by atoms with Gasteiger partial charge in [-0.05, 0) is 42.5 Å². The summed E-state index contributed by atoms with van der Waals surface area (Å²) >= 11 is 8.86. The van der Waals surface area contributed by atoms with E-state index >= 15 is 0 Å². The number of carbonyl (C=O) groups excluding carboxylic acids is 1. The van der Waals surface area contributed by atoms with Crippen molar-refractivity contribution >= 4 is 50.2 Å². The molecule has 0 radical (unpaired) electrons. The van der Waals surface area contributed by atoms with Gasteiger partial charge < -0.3 is 9.73 Å². The van der Waals surface area contributed by atoms with Crippen LogP contribution in [0, 0.1) is 0 Å². The van der Waals surface area contributed by atoms with E-state index in [1.165, 1.54) is 0 Å². The number of hydrogen-bond acceptors (Lipinski definition) is 3. The zero-order valence-corrected chi connectivity index (χ0v) is 13.1. The Balaban J connectivity index is 1.96. The Morgan fingerprint density at radius 1 is 1.24 bits per heavy atom. The Kier molecular flexibility index (Phi) is 3.94. The first-order valence-electron chi connectivity index (χ1n) is 6.18. The molecule has 6 heteroatoms. The van der Waals surface area contributed by atoms with Crippen LogP contribution < -0.4 is 5.32 Å². The molecule has 0 aliphatic heterocycles. The first-order valence-corrected chi connectivity index (χ1v) is 7.51. The number of carbonyl (C=O) groups is 1. The van der Waals surface area contributed by atoms with E-state index in [0.717, 1.165) is 10.0 Å². The molecule has 0 fully saturated rings. The van der Waals surface area contributed by atoms with Gasteiger partial charge in [0.25, 0.3) is 0 Å². The van der Waals surface area contributed by atoms with E-state index in [2.05, 4.69) is 26.2 Å². The van der Waals surface area contributed by atoms with Crippen molar-refractivity contribution in [2.75, 3.05) is 11.2 Å². The molecule has 0 bridgehead atoms. The summed E-state index contributed by atoms with van der Waals surface area (Å²) in [6.07, 6.45) is 0. The summed E-state index contributed by atoms with van der Waals surface area (Å²) < 4.78 is 6.71. The molecule has 0 saturated carbocycles. The molecule has 0 atom stereocenters. The number of halogens is 2. The van der Waals surface area contributed by atoms with E-state index < -0.39 is 0 Å². The van der Waals surface area contributed by atoms with Gasteiger partial charge >= 0.3 is 0 Å². The van der Waals surface area contributed by atoms with E-state index in [1.54, 1.807) is 18.2 Å². The fraction of sp³-hybridized carbons (Fsp3) is 0.0667. The van der Waals surface area contributed by atoms with Crippen molar-refractivity contribution in [1.29, 1.82) is 0 Å². The van der Waals surface area contributed by atoms with Crippen LogP contribution in [0.3, 0.4) is 0 Å². The maximum absolute atomic E-state index is 11.3. The molecule has 106 valence electrons. The van der Waals surface area contributed by atoms with Gasteiger partial charge in [0.15, 0.2) is 5.58 Å². The lowest BCUT2D eigenvalue weighted by Crippen LogP contribution is -2.12. The molecule has 0 aliphatic carbocycles. The minimum absolute atomic E-state index is 0.0823. The van der Waals surface area contributed by atoms with Crippen LogP contribution in [-0.2, 0) is 4.79 Å². The number of anilines is 1. The molecule has 1 heterocycles. The van der Waals surface area contributed by atoms with E-state index in [1.807, 2.05) is 24.3 Å². The summed E-state index contributed by atoms with van der Waals surface area (Å²) in [6, 6.07) is 13.0. The number of hydrogen-bond donors (Lipinski definition) is 1. The number of nitrogens with zero attached hydrogens (tertiary/aromatic N) is 1. The van der Waals surface area contributed by atoms with Gasteiger partial charge in [-0.15, -0.1) is 11.6 Å². The van der Waals surface area contributed by atoms with Crippen molar-refractivity contribution in [3.63, 3.8) is 0 Å². The molecular weight excluding hydrogens is 356 g/mol. The highest BCUT2D eigenvalue weighted by atomic mass is 79.9. The predicted octanol–water partition coefficient (Wildman–Crippen LogP) is 4.43. The topological polar surface area (TPSA) is 55.1 Å². The minimum atomic E-state index is -0.257. The number of oxazole rings is 1.